The minimum Gasteiger partial charge on any atom is -0.465 e. The Kier molecular flexibility index (Phi) is 3.21. The summed E-state index contributed by atoms with van der Waals surface area (Å²) in [7, 11) is 0. The van der Waals surface area contributed by atoms with Crippen LogP contribution in [-0.4, -0.2) is 30.6 Å². The number of aryl methyl sites for hydroxylation is 1. The van der Waals surface area contributed by atoms with Gasteiger partial charge in [0.15, 0.2) is 0 Å². The monoisotopic (exact) mass is 234 g/mol. The van der Waals surface area contributed by atoms with Crippen LogP contribution in [0.4, 0.5) is 0 Å². The highest BCUT2D eigenvalue weighted by Gasteiger charge is 2.34. The first-order valence-electron chi connectivity index (χ1n) is 6.88. The quantitative estimate of drug-likeness (QED) is 0.867. The van der Waals surface area contributed by atoms with Crippen LogP contribution in [-0.2, 0) is 13.0 Å². The van der Waals surface area contributed by atoms with Crippen molar-refractivity contribution >= 4 is 0 Å². The molecule has 1 N–H and O–H groups in total. The van der Waals surface area contributed by atoms with E-state index in [9.17, 15) is 0 Å². The van der Waals surface area contributed by atoms with E-state index >= 15 is 0 Å². The second kappa shape index (κ2) is 4.83. The maximum Gasteiger partial charge on any atom is 0.118 e. The Morgan fingerprint density at radius 3 is 3.00 bits per heavy atom. The summed E-state index contributed by atoms with van der Waals surface area (Å²) in [5.41, 5.74) is 0. The molecule has 2 atom stereocenters. The standard InChI is InChI=1S/C14H22N2O/c1-2-12-5-6-13(17-12)9-16-8-11-4-3-7-15-14(11)10-16/h5-6,11,14-15H,2-4,7-10H2,1H3. The van der Waals surface area contributed by atoms with Crippen LogP contribution >= 0.6 is 0 Å². The number of likely N-dealkylation sites (tertiary alicyclic amines) is 1. The zero-order valence-corrected chi connectivity index (χ0v) is 10.6. The van der Waals surface area contributed by atoms with Crippen molar-refractivity contribution in [2.45, 2.75) is 38.8 Å². The smallest absolute Gasteiger partial charge is 0.118 e. The van der Waals surface area contributed by atoms with Gasteiger partial charge in [-0.1, -0.05) is 6.92 Å². The van der Waals surface area contributed by atoms with E-state index < -0.39 is 0 Å². The van der Waals surface area contributed by atoms with Crippen LogP contribution in [0.15, 0.2) is 16.5 Å². The predicted octanol–water partition coefficient (Wildman–Crippen LogP) is 2.03. The number of hydrogen-bond acceptors (Lipinski definition) is 3. The topological polar surface area (TPSA) is 28.4 Å². The Hall–Kier alpha value is -0.800. The summed E-state index contributed by atoms with van der Waals surface area (Å²) in [6.07, 6.45) is 3.73. The van der Waals surface area contributed by atoms with Gasteiger partial charge in [0, 0.05) is 25.6 Å². The average Bonchev–Trinajstić information content (AvgIpc) is 2.94. The van der Waals surface area contributed by atoms with E-state index in [1.54, 1.807) is 0 Å². The molecule has 0 amide bonds. The number of nitrogens with zero attached hydrogens (tertiary/aromatic N) is 1. The Bertz CT molecular complexity index is 360. The third-order valence-corrected chi connectivity index (χ3v) is 4.12. The van der Waals surface area contributed by atoms with E-state index in [0.29, 0.717) is 0 Å². The van der Waals surface area contributed by atoms with Gasteiger partial charge in [-0.15, -0.1) is 0 Å². The third kappa shape index (κ3) is 2.40. The van der Waals surface area contributed by atoms with Crippen LogP contribution < -0.4 is 5.32 Å². The van der Waals surface area contributed by atoms with Gasteiger partial charge in [-0.3, -0.25) is 4.90 Å². The molecule has 2 aliphatic rings. The Morgan fingerprint density at radius 1 is 1.35 bits per heavy atom. The van der Waals surface area contributed by atoms with Gasteiger partial charge in [0.1, 0.15) is 11.5 Å². The molecule has 1 aromatic heterocycles. The van der Waals surface area contributed by atoms with E-state index in [4.69, 9.17) is 4.42 Å². The van der Waals surface area contributed by atoms with Crippen molar-refractivity contribution in [3.8, 4) is 0 Å². The average molecular weight is 234 g/mol. The zero-order chi connectivity index (χ0) is 11.7. The molecule has 1 aromatic rings. The van der Waals surface area contributed by atoms with Gasteiger partial charge in [0.25, 0.3) is 0 Å². The number of nitrogens with one attached hydrogen (secondary N) is 1. The molecule has 0 radical (unpaired) electrons. The molecule has 3 rings (SSSR count). The van der Waals surface area contributed by atoms with E-state index in [-0.39, 0.29) is 0 Å². The lowest BCUT2D eigenvalue weighted by atomic mass is 9.94. The van der Waals surface area contributed by atoms with Crippen LogP contribution in [0.2, 0.25) is 0 Å². The van der Waals surface area contributed by atoms with E-state index in [1.165, 1.54) is 32.5 Å². The third-order valence-electron chi connectivity index (χ3n) is 4.12. The van der Waals surface area contributed by atoms with Gasteiger partial charge < -0.3 is 9.73 Å². The summed E-state index contributed by atoms with van der Waals surface area (Å²) in [4.78, 5) is 2.53. The summed E-state index contributed by atoms with van der Waals surface area (Å²) in [5, 5.41) is 3.64. The normalized spacial score (nSPS) is 29.5. The van der Waals surface area contributed by atoms with Crippen molar-refractivity contribution in [2.24, 2.45) is 5.92 Å². The van der Waals surface area contributed by atoms with Crippen LogP contribution in [0.25, 0.3) is 0 Å². The number of piperidine rings is 1. The summed E-state index contributed by atoms with van der Waals surface area (Å²) >= 11 is 0. The Labute approximate surface area is 103 Å². The van der Waals surface area contributed by atoms with Crippen LogP contribution in [0.1, 0.15) is 31.3 Å². The highest BCUT2D eigenvalue weighted by atomic mass is 16.3. The minimum atomic E-state index is 0.726. The van der Waals surface area contributed by atoms with Gasteiger partial charge in [0.05, 0.1) is 6.54 Å². The first kappa shape index (κ1) is 11.3. The van der Waals surface area contributed by atoms with Gasteiger partial charge in [-0.2, -0.15) is 0 Å². The lowest BCUT2D eigenvalue weighted by Gasteiger charge is -2.24. The molecule has 0 aromatic carbocycles. The summed E-state index contributed by atoms with van der Waals surface area (Å²) in [6, 6.07) is 4.97. The molecule has 2 fully saturated rings. The number of fused-ring (bicyclic) bond motifs is 1. The molecule has 0 spiro atoms. The second-order valence-corrected chi connectivity index (χ2v) is 5.38. The Balaban J connectivity index is 1.59. The molecule has 2 saturated heterocycles. The van der Waals surface area contributed by atoms with Crippen molar-refractivity contribution in [1.29, 1.82) is 0 Å². The maximum atomic E-state index is 5.79. The number of hydrogen-bond donors (Lipinski definition) is 1. The summed E-state index contributed by atoms with van der Waals surface area (Å²) < 4.78 is 5.79. The first-order chi connectivity index (χ1) is 8.35. The molecule has 0 saturated carbocycles. The number of furan rings is 1. The van der Waals surface area contributed by atoms with E-state index in [2.05, 4.69) is 29.3 Å². The van der Waals surface area contributed by atoms with Crippen molar-refractivity contribution in [2.75, 3.05) is 19.6 Å². The maximum absolute atomic E-state index is 5.79. The van der Waals surface area contributed by atoms with Gasteiger partial charge in [-0.25, -0.2) is 0 Å². The minimum absolute atomic E-state index is 0.726. The van der Waals surface area contributed by atoms with Crippen molar-refractivity contribution in [3.63, 3.8) is 0 Å². The summed E-state index contributed by atoms with van der Waals surface area (Å²) in [6.45, 7) is 6.74. The molecule has 0 aliphatic carbocycles. The first-order valence-corrected chi connectivity index (χ1v) is 6.88. The van der Waals surface area contributed by atoms with Crippen LogP contribution in [0.5, 0.6) is 0 Å². The molecule has 94 valence electrons. The summed E-state index contributed by atoms with van der Waals surface area (Å²) in [5.74, 6) is 3.10. The molecule has 2 aliphatic heterocycles. The second-order valence-electron chi connectivity index (χ2n) is 5.38. The number of rotatable bonds is 3. The molecule has 17 heavy (non-hydrogen) atoms. The largest absolute Gasteiger partial charge is 0.465 e. The lowest BCUT2D eigenvalue weighted by molar-refractivity contribution is 0.281. The van der Waals surface area contributed by atoms with Gasteiger partial charge in [-0.05, 0) is 37.4 Å². The van der Waals surface area contributed by atoms with Crippen molar-refractivity contribution < 1.29 is 4.42 Å². The molecular weight excluding hydrogens is 212 g/mol. The molecule has 3 heteroatoms. The molecule has 0 bridgehead atoms. The highest BCUT2D eigenvalue weighted by Crippen LogP contribution is 2.26. The predicted molar refractivity (Wildman–Crippen MR) is 67.9 cm³/mol. The fourth-order valence-corrected chi connectivity index (χ4v) is 3.18. The fourth-order valence-electron chi connectivity index (χ4n) is 3.18. The SMILES string of the molecule is CCc1ccc(CN2CC3CCCNC3C2)o1. The fraction of sp³-hybridized carbons (Fsp3) is 0.714. The van der Waals surface area contributed by atoms with E-state index in [1.807, 2.05) is 0 Å². The molecule has 2 unspecified atom stereocenters. The lowest BCUT2D eigenvalue weighted by Crippen LogP contribution is -2.40. The Morgan fingerprint density at radius 2 is 2.24 bits per heavy atom. The van der Waals surface area contributed by atoms with Gasteiger partial charge >= 0.3 is 0 Å². The van der Waals surface area contributed by atoms with Crippen LogP contribution in [0.3, 0.4) is 0 Å². The van der Waals surface area contributed by atoms with Gasteiger partial charge in [0.2, 0.25) is 0 Å². The molecule has 3 heterocycles. The zero-order valence-electron chi connectivity index (χ0n) is 10.6. The molecular formula is C14H22N2O. The molecule has 3 nitrogen and oxygen atoms in total. The van der Waals surface area contributed by atoms with Crippen LogP contribution in [0, 0.1) is 5.92 Å². The van der Waals surface area contributed by atoms with Crippen molar-refractivity contribution in [1.82, 2.24) is 10.2 Å². The highest BCUT2D eigenvalue weighted by molar-refractivity contribution is 5.07. The van der Waals surface area contributed by atoms with E-state index in [0.717, 1.165) is 36.4 Å². The van der Waals surface area contributed by atoms with Crippen molar-refractivity contribution in [3.05, 3.63) is 23.7 Å².